The van der Waals surface area contributed by atoms with Gasteiger partial charge in [-0.25, -0.2) is 0 Å². The molecule has 3 nitrogen and oxygen atoms in total. The first kappa shape index (κ1) is 6.24. The quantitative estimate of drug-likeness (QED) is 0.496. The van der Waals surface area contributed by atoms with Gasteiger partial charge in [0.15, 0.2) is 0 Å². The third-order valence-electron chi connectivity index (χ3n) is 0.292. The van der Waals surface area contributed by atoms with Gasteiger partial charge in [0, 0.05) is 0 Å². The van der Waals surface area contributed by atoms with Crippen molar-refractivity contribution in [2.24, 2.45) is 5.73 Å². The molecule has 1 atom stereocenters. The van der Waals surface area contributed by atoms with Crippen molar-refractivity contribution in [1.82, 2.24) is 0 Å². The van der Waals surface area contributed by atoms with E-state index in [4.69, 9.17) is 9.92 Å². The van der Waals surface area contributed by atoms with E-state index >= 15 is 0 Å². The molecule has 0 aromatic carbocycles. The molecule has 0 fully saturated rings. The van der Waals surface area contributed by atoms with Gasteiger partial charge in [0.25, 0.3) is 0 Å². The Hall–Kier alpha value is 0.239. The van der Waals surface area contributed by atoms with E-state index in [9.17, 15) is 3.83 Å². The summed E-state index contributed by atoms with van der Waals surface area (Å²) in [6.45, 7) is 0.324. The molecule has 0 aromatic heterocycles. The maximum atomic E-state index is 9.73. The molecular formula is C2H7NO2Se. The molecule has 0 bridgehead atoms. The van der Waals surface area contributed by atoms with E-state index in [2.05, 4.69) is 0 Å². The molecule has 3 N–H and O–H groups in total. The fourth-order valence-electron chi connectivity index (χ4n) is 0.101. The van der Waals surface area contributed by atoms with Crippen molar-refractivity contribution < 1.29 is 8.02 Å². The average Bonchev–Trinajstić information content (AvgIpc) is 1.35. The Morgan fingerprint density at radius 1 is 1.83 bits per heavy atom. The molecule has 0 saturated heterocycles. The van der Waals surface area contributed by atoms with E-state index in [0.717, 1.165) is 0 Å². The minimum atomic E-state index is -2.44. The molecule has 1 unspecified atom stereocenters. The maximum absolute atomic E-state index is 9.73. The normalized spacial score (nSPS) is 14.3. The third-order valence-corrected chi connectivity index (χ3v) is 1.52. The van der Waals surface area contributed by atoms with Crippen molar-refractivity contribution in [3.63, 3.8) is 0 Å². The molecule has 0 aliphatic heterocycles. The Kier molecular flexibility index (Phi) is 3.57. The van der Waals surface area contributed by atoms with Crippen LogP contribution in [0.15, 0.2) is 0 Å². The Balaban J connectivity index is 2.83. The van der Waals surface area contributed by atoms with Gasteiger partial charge in [-0.1, -0.05) is 0 Å². The molecule has 0 spiro atoms. The molecule has 6 heavy (non-hydrogen) atoms. The summed E-state index contributed by atoms with van der Waals surface area (Å²) >= 11 is -2.44. The molecule has 0 aromatic rings. The second kappa shape index (κ2) is 3.43. The minimum absolute atomic E-state index is 0.278. The van der Waals surface area contributed by atoms with Gasteiger partial charge >= 0.3 is 39.8 Å². The summed E-state index contributed by atoms with van der Waals surface area (Å²) in [5, 5.41) is 0.278. The molecule has 0 heterocycles. The molecule has 38 valence electrons. The van der Waals surface area contributed by atoms with Crippen molar-refractivity contribution in [2.45, 2.75) is 5.32 Å². The van der Waals surface area contributed by atoms with E-state index in [-0.39, 0.29) is 5.32 Å². The summed E-state index contributed by atoms with van der Waals surface area (Å²) in [7, 11) is 0. The predicted octanol–water partition coefficient (Wildman–Crippen LogP) is -1.14. The van der Waals surface area contributed by atoms with E-state index in [1.165, 1.54) is 0 Å². The summed E-state index contributed by atoms with van der Waals surface area (Å²) in [6.07, 6.45) is 0. The van der Waals surface area contributed by atoms with Crippen LogP contribution in [0.5, 0.6) is 0 Å². The SMILES string of the molecule is NCC[Se](=O)O. The number of rotatable bonds is 2. The standard InChI is InChI=1S/C2H7NO2Se/c3-1-2-6(4)5/h1-3H2,(H,4,5). The van der Waals surface area contributed by atoms with Crippen molar-refractivity contribution >= 4 is 14.2 Å². The van der Waals surface area contributed by atoms with Gasteiger partial charge in [-0.15, -0.1) is 0 Å². The Morgan fingerprint density at radius 3 is 2.33 bits per heavy atom. The second-order valence-electron chi connectivity index (χ2n) is 0.814. The van der Waals surface area contributed by atoms with Crippen molar-refractivity contribution in [2.75, 3.05) is 6.54 Å². The van der Waals surface area contributed by atoms with Crippen LogP contribution in [0.25, 0.3) is 0 Å². The molecule has 0 aliphatic rings. The summed E-state index contributed by atoms with van der Waals surface area (Å²) < 4.78 is 17.8. The third kappa shape index (κ3) is 4.24. The van der Waals surface area contributed by atoms with Crippen molar-refractivity contribution in [1.29, 1.82) is 0 Å². The zero-order valence-electron chi connectivity index (χ0n) is 3.26. The molecule has 0 saturated carbocycles. The van der Waals surface area contributed by atoms with Crippen LogP contribution in [0, 0.1) is 0 Å². The first-order valence-electron chi connectivity index (χ1n) is 1.55. The van der Waals surface area contributed by atoms with E-state index < -0.39 is 14.2 Å². The van der Waals surface area contributed by atoms with Gasteiger partial charge in [0.05, 0.1) is 0 Å². The van der Waals surface area contributed by atoms with Crippen LogP contribution in [-0.4, -0.2) is 24.9 Å². The zero-order valence-corrected chi connectivity index (χ0v) is 4.97. The molecular weight excluding hydrogens is 149 g/mol. The van der Waals surface area contributed by atoms with E-state index in [1.807, 2.05) is 0 Å². The number of nitrogens with two attached hydrogens (primary N) is 1. The number of hydrogen-bond donors (Lipinski definition) is 2. The van der Waals surface area contributed by atoms with E-state index in [1.54, 1.807) is 0 Å². The summed E-state index contributed by atoms with van der Waals surface area (Å²) in [5.41, 5.74) is 4.90. The van der Waals surface area contributed by atoms with Gasteiger partial charge in [-0.2, -0.15) is 0 Å². The molecule has 0 rings (SSSR count). The van der Waals surface area contributed by atoms with Crippen LogP contribution >= 0.6 is 0 Å². The Bertz CT molecular complexity index is 55.5. The molecule has 0 aliphatic carbocycles. The first-order valence-corrected chi connectivity index (χ1v) is 4.22. The van der Waals surface area contributed by atoms with Crippen LogP contribution in [-0.2, 0) is 3.83 Å². The predicted molar refractivity (Wildman–Crippen MR) is 22.5 cm³/mol. The fraction of sp³-hybridized carbons (Fsp3) is 1.00. The van der Waals surface area contributed by atoms with Gasteiger partial charge in [-0.05, 0) is 0 Å². The average molecular weight is 156 g/mol. The molecule has 4 heteroatoms. The van der Waals surface area contributed by atoms with Crippen LogP contribution in [0.2, 0.25) is 5.32 Å². The monoisotopic (exact) mass is 157 g/mol. The topological polar surface area (TPSA) is 63.3 Å². The van der Waals surface area contributed by atoms with Crippen LogP contribution in [0.4, 0.5) is 0 Å². The van der Waals surface area contributed by atoms with Crippen LogP contribution in [0.3, 0.4) is 0 Å². The van der Waals surface area contributed by atoms with Gasteiger partial charge < -0.3 is 0 Å². The first-order chi connectivity index (χ1) is 2.77. The van der Waals surface area contributed by atoms with Gasteiger partial charge in [-0.3, -0.25) is 0 Å². The number of hydrogen-bond acceptors (Lipinski definition) is 2. The van der Waals surface area contributed by atoms with Crippen molar-refractivity contribution in [3.05, 3.63) is 0 Å². The van der Waals surface area contributed by atoms with Crippen LogP contribution < -0.4 is 5.73 Å². The van der Waals surface area contributed by atoms with Crippen LogP contribution in [0.1, 0.15) is 0 Å². The Labute approximate surface area is 40.6 Å². The van der Waals surface area contributed by atoms with E-state index in [0.29, 0.717) is 6.54 Å². The second-order valence-corrected chi connectivity index (χ2v) is 3.02. The summed E-state index contributed by atoms with van der Waals surface area (Å²) in [5.74, 6) is 0. The molecule has 0 amide bonds. The Morgan fingerprint density at radius 2 is 2.33 bits per heavy atom. The summed E-state index contributed by atoms with van der Waals surface area (Å²) in [6, 6.07) is 0. The summed E-state index contributed by atoms with van der Waals surface area (Å²) in [4.78, 5) is 0. The van der Waals surface area contributed by atoms with Gasteiger partial charge in [0.1, 0.15) is 0 Å². The fourth-order valence-corrected chi connectivity index (χ4v) is 0.524. The zero-order chi connectivity index (χ0) is 4.99. The molecule has 0 radical (unpaired) electrons. The van der Waals surface area contributed by atoms with Crippen molar-refractivity contribution in [3.8, 4) is 0 Å². The van der Waals surface area contributed by atoms with Gasteiger partial charge in [0.2, 0.25) is 0 Å².